The van der Waals surface area contributed by atoms with Crippen LogP contribution in [0.5, 0.6) is 0 Å². The first-order valence-electron chi connectivity index (χ1n) is 12.9. The summed E-state index contributed by atoms with van der Waals surface area (Å²) in [5.74, 6) is 0.768. The van der Waals surface area contributed by atoms with Crippen LogP contribution in [0.1, 0.15) is 42.6 Å². The van der Waals surface area contributed by atoms with Crippen LogP contribution in [0.3, 0.4) is 0 Å². The van der Waals surface area contributed by atoms with Gasteiger partial charge in [0.15, 0.2) is 0 Å². The van der Waals surface area contributed by atoms with Crippen LogP contribution >= 0.6 is 0 Å². The molecule has 188 valence electrons. The molecule has 4 rings (SSSR count). The van der Waals surface area contributed by atoms with Crippen molar-refractivity contribution < 1.29 is 9.59 Å². The Kier molecular flexibility index (Phi) is 8.29. The molecule has 0 bridgehead atoms. The SMILES string of the molecule is Cc1cc(C(=O)N2CCC(C)CC2)ccc1NC(=O)NCC(C)N1CCN(c2ccccc2)CC1. The molecule has 7 heteroatoms. The normalized spacial score (nSPS) is 18.3. The number of rotatable bonds is 6. The molecule has 0 aromatic heterocycles. The first kappa shape index (κ1) is 25.0. The number of aryl methyl sites for hydroxylation is 1. The molecule has 7 nitrogen and oxygen atoms in total. The second-order valence-electron chi connectivity index (χ2n) is 10.0. The van der Waals surface area contributed by atoms with E-state index in [1.54, 1.807) is 0 Å². The molecule has 2 heterocycles. The van der Waals surface area contributed by atoms with Crippen LogP contribution in [0.4, 0.5) is 16.2 Å². The first-order chi connectivity index (χ1) is 16.9. The second-order valence-corrected chi connectivity index (χ2v) is 10.0. The number of amides is 3. The monoisotopic (exact) mass is 477 g/mol. The number of anilines is 2. The number of nitrogens with one attached hydrogen (secondary N) is 2. The lowest BCUT2D eigenvalue weighted by atomic mass is 9.98. The fourth-order valence-electron chi connectivity index (χ4n) is 4.93. The van der Waals surface area contributed by atoms with Crippen molar-refractivity contribution in [2.24, 2.45) is 5.92 Å². The lowest BCUT2D eigenvalue weighted by molar-refractivity contribution is 0.0697. The highest BCUT2D eigenvalue weighted by Gasteiger charge is 2.23. The molecule has 2 aliphatic rings. The molecule has 0 spiro atoms. The van der Waals surface area contributed by atoms with Gasteiger partial charge < -0.3 is 20.4 Å². The number of nitrogens with zero attached hydrogens (tertiary/aromatic N) is 3. The minimum Gasteiger partial charge on any atom is -0.369 e. The van der Waals surface area contributed by atoms with Gasteiger partial charge in [-0.1, -0.05) is 25.1 Å². The Morgan fingerprint density at radius 3 is 2.31 bits per heavy atom. The summed E-state index contributed by atoms with van der Waals surface area (Å²) in [6, 6.07) is 16.1. The van der Waals surface area contributed by atoms with E-state index in [4.69, 9.17) is 0 Å². The first-order valence-corrected chi connectivity index (χ1v) is 12.9. The molecule has 2 aromatic rings. The zero-order valence-electron chi connectivity index (χ0n) is 21.3. The van der Waals surface area contributed by atoms with Crippen LogP contribution in [0, 0.1) is 12.8 Å². The third kappa shape index (κ3) is 6.54. The molecule has 2 aliphatic heterocycles. The third-order valence-corrected chi connectivity index (χ3v) is 7.41. The fourth-order valence-corrected chi connectivity index (χ4v) is 4.93. The summed E-state index contributed by atoms with van der Waals surface area (Å²) in [6.45, 7) is 12.5. The average molecular weight is 478 g/mol. The van der Waals surface area contributed by atoms with E-state index in [1.807, 2.05) is 36.1 Å². The second kappa shape index (κ2) is 11.6. The van der Waals surface area contributed by atoms with E-state index in [0.717, 1.165) is 63.4 Å². The maximum absolute atomic E-state index is 12.8. The van der Waals surface area contributed by atoms with E-state index in [9.17, 15) is 9.59 Å². The average Bonchev–Trinajstić information content (AvgIpc) is 2.89. The molecule has 2 fully saturated rings. The highest BCUT2D eigenvalue weighted by atomic mass is 16.2. The summed E-state index contributed by atoms with van der Waals surface area (Å²) >= 11 is 0. The van der Waals surface area contributed by atoms with E-state index in [-0.39, 0.29) is 18.0 Å². The number of para-hydroxylation sites is 1. The number of hydrogen-bond acceptors (Lipinski definition) is 4. The predicted molar refractivity (Wildman–Crippen MR) is 142 cm³/mol. The van der Waals surface area contributed by atoms with Gasteiger partial charge in [0.05, 0.1) is 0 Å². The van der Waals surface area contributed by atoms with Gasteiger partial charge in [-0.3, -0.25) is 9.69 Å². The molecule has 2 N–H and O–H groups in total. The molecule has 0 aliphatic carbocycles. The van der Waals surface area contributed by atoms with E-state index >= 15 is 0 Å². The van der Waals surface area contributed by atoms with Gasteiger partial charge >= 0.3 is 6.03 Å². The molecular formula is C28H39N5O2. The summed E-state index contributed by atoms with van der Waals surface area (Å²) < 4.78 is 0. The minimum absolute atomic E-state index is 0.0807. The summed E-state index contributed by atoms with van der Waals surface area (Å²) in [5.41, 5.74) is 3.58. The number of piperazine rings is 1. The number of carbonyl (C=O) groups is 2. The standard InChI is InChI=1S/C28H39N5O2/c1-21-11-13-33(14-12-21)27(34)24-9-10-26(22(2)19-24)30-28(35)29-20-23(3)31-15-17-32(18-16-31)25-7-5-4-6-8-25/h4-10,19,21,23H,11-18,20H2,1-3H3,(H2,29,30,35). The van der Waals surface area contributed by atoms with E-state index in [0.29, 0.717) is 18.0 Å². The lowest BCUT2D eigenvalue weighted by Gasteiger charge is -2.39. The van der Waals surface area contributed by atoms with Gasteiger partial charge in [-0.15, -0.1) is 0 Å². The van der Waals surface area contributed by atoms with E-state index < -0.39 is 0 Å². The molecule has 2 saturated heterocycles. The number of hydrogen-bond donors (Lipinski definition) is 2. The van der Waals surface area contributed by atoms with Crippen LogP contribution in [0.2, 0.25) is 0 Å². The van der Waals surface area contributed by atoms with Crippen molar-refractivity contribution in [3.05, 3.63) is 59.7 Å². The highest BCUT2D eigenvalue weighted by molar-refractivity contribution is 5.96. The molecule has 0 radical (unpaired) electrons. The molecule has 1 atom stereocenters. The zero-order valence-corrected chi connectivity index (χ0v) is 21.3. The van der Waals surface area contributed by atoms with Crippen molar-refractivity contribution in [2.75, 3.05) is 56.0 Å². The topological polar surface area (TPSA) is 67.9 Å². The summed E-state index contributed by atoms with van der Waals surface area (Å²) in [7, 11) is 0. The number of piperidine rings is 1. The third-order valence-electron chi connectivity index (χ3n) is 7.41. The Bertz CT molecular complexity index is 996. The fraction of sp³-hybridized carbons (Fsp3) is 0.500. The molecule has 0 saturated carbocycles. The predicted octanol–water partition coefficient (Wildman–Crippen LogP) is 4.20. The Morgan fingerprint density at radius 2 is 1.66 bits per heavy atom. The highest BCUT2D eigenvalue weighted by Crippen LogP contribution is 2.21. The van der Waals surface area contributed by atoms with E-state index in [2.05, 4.69) is 58.5 Å². The zero-order chi connectivity index (χ0) is 24.8. The van der Waals surface area contributed by atoms with Gasteiger partial charge in [0.2, 0.25) is 0 Å². The Labute approximate surface area is 209 Å². The van der Waals surface area contributed by atoms with Crippen molar-refractivity contribution in [1.82, 2.24) is 15.1 Å². The molecular weight excluding hydrogens is 438 g/mol. The Hall–Kier alpha value is -3.06. The van der Waals surface area contributed by atoms with Gasteiger partial charge in [-0.2, -0.15) is 0 Å². The van der Waals surface area contributed by atoms with E-state index in [1.165, 1.54) is 5.69 Å². The quantitative estimate of drug-likeness (QED) is 0.654. The van der Waals surface area contributed by atoms with Gasteiger partial charge in [-0.25, -0.2) is 4.79 Å². The van der Waals surface area contributed by atoms with Gasteiger partial charge in [-0.05, 0) is 68.5 Å². The lowest BCUT2D eigenvalue weighted by Crippen LogP contribution is -2.52. The molecule has 1 unspecified atom stereocenters. The van der Waals surface area contributed by atoms with Crippen molar-refractivity contribution in [3.8, 4) is 0 Å². The van der Waals surface area contributed by atoms with Crippen LogP contribution in [-0.4, -0.2) is 73.6 Å². The molecule has 3 amide bonds. The van der Waals surface area contributed by atoms with Gasteiger partial charge in [0.25, 0.3) is 5.91 Å². The number of likely N-dealkylation sites (tertiary alicyclic amines) is 1. The van der Waals surface area contributed by atoms with Crippen LogP contribution in [-0.2, 0) is 0 Å². The Balaban J connectivity index is 1.22. The van der Waals surface area contributed by atoms with Gasteiger partial charge in [0, 0.05) is 68.8 Å². The van der Waals surface area contributed by atoms with Crippen molar-refractivity contribution >= 4 is 23.3 Å². The summed E-state index contributed by atoms with van der Waals surface area (Å²) in [5, 5.41) is 5.96. The minimum atomic E-state index is -0.216. The molecule has 35 heavy (non-hydrogen) atoms. The summed E-state index contributed by atoms with van der Waals surface area (Å²) in [6.07, 6.45) is 2.12. The van der Waals surface area contributed by atoms with Gasteiger partial charge in [0.1, 0.15) is 0 Å². The maximum Gasteiger partial charge on any atom is 0.319 e. The smallest absolute Gasteiger partial charge is 0.319 e. The number of benzene rings is 2. The van der Waals surface area contributed by atoms with Crippen molar-refractivity contribution in [1.29, 1.82) is 0 Å². The maximum atomic E-state index is 12.8. The van der Waals surface area contributed by atoms with Crippen molar-refractivity contribution in [2.45, 2.75) is 39.7 Å². The van der Waals surface area contributed by atoms with Crippen molar-refractivity contribution in [3.63, 3.8) is 0 Å². The van der Waals surface area contributed by atoms with Crippen LogP contribution in [0.15, 0.2) is 48.5 Å². The number of urea groups is 1. The number of carbonyl (C=O) groups excluding carboxylic acids is 2. The van der Waals surface area contributed by atoms with Crippen LogP contribution < -0.4 is 15.5 Å². The summed E-state index contributed by atoms with van der Waals surface area (Å²) in [4.78, 5) is 32.2. The van der Waals surface area contributed by atoms with Crippen LogP contribution in [0.25, 0.3) is 0 Å². The Morgan fingerprint density at radius 1 is 0.971 bits per heavy atom. The largest absolute Gasteiger partial charge is 0.369 e. The molecule has 2 aromatic carbocycles.